The number of rotatable bonds is 7. The molecule has 2 aromatic rings. The third-order valence-electron chi connectivity index (χ3n) is 5.26. The summed E-state index contributed by atoms with van der Waals surface area (Å²) in [6.07, 6.45) is 0. The third kappa shape index (κ3) is 5.92. The zero-order valence-electron chi connectivity index (χ0n) is 18.2. The van der Waals surface area contributed by atoms with E-state index in [2.05, 4.69) is 19.2 Å². The van der Waals surface area contributed by atoms with Crippen molar-refractivity contribution in [3.63, 3.8) is 0 Å². The van der Waals surface area contributed by atoms with Gasteiger partial charge < -0.3 is 15.0 Å². The van der Waals surface area contributed by atoms with Crippen LogP contribution >= 0.6 is 11.3 Å². The minimum atomic E-state index is -0.437. The van der Waals surface area contributed by atoms with Gasteiger partial charge in [0, 0.05) is 31.7 Å². The van der Waals surface area contributed by atoms with Crippen LogP contribution < -0.4 is 5.32 Å². The zero-order chi connectivity index (χ0) is 22.4. The lowest BCUT2D eigenvalue weighted by atomic mass is 10.0. The van der Waals surface area contributed by atoms with Gasteiger partial charge in [0.25, 0.3) is 5.91 Å². The van der Waals surface area contributed by atoms with E-state index in [1.807, 2.05) is 34.1 Å². The fourth-order valence-corrected chi connectivity index (χ4v) is 4.24. The maximum atomic E-state index is 12.8. The van der Waals surface area contributed by atoms with Crippen LogP contribution in [0.15, 0.2) is 35.7 Å². The molecule has 166 valence electrons. The molecule has 0 bridgehead atoms. The summed E-state index contributed by atoms with van der Waals surface area (Å²) < 4.78 is 5.02. The highest BCUT2D eigenvalue weighted by Gasteiger charge is 2.24. The quantitative estimate of drug-likeness (QED) is 0.663. The van der Waals surface area contributed by atoms with E-state index in [1.54, 1.807) is 18.4 Å². The molecular formula is C23H29N3O4S. The number of amides is 2. The molecule has 0 unspecified atom stereocenters. The summed E-state index contributed by atoms with van der Waals surface area (Å²) in [6, 6.07) is 9.44. The first-order chi connectivity index (χ1) is 14.9. The number of thiophene rings is 1. The molecule has 1 fully saturated rings. The molecule has 1 aromatic heterocycles. The number of nitrogens with zero attached hydrogens (tertiary/aromatic N) is 2. The molecule has 1 aliphatic heterocycles. The SMILES string of the molecule is CCOC(=O)c1ccsc1NC(=O)CN1CCN(C(=O)c2ccc(C(C)C)cc2)CC1. The van der Waals surface area contributed by atoms with E-state index in [0.717, 1.165) is 0 Å². The molecule has 3 rings (SSSR count). The molecule has 1 saturated heterocycles. The van der Waals surface area contributed by atoms with Crippen molar-refractivity contribution in [1.29, 1.82) is 0 Å². The highest BCUT2D eigenvalue weighted by molar-refractivity contribution is 7.14. The standard InChI is InChI=1S/C23H29N3O4S/c1-4-30-23(29)19-9-14-31-21(19)24-20(27)15-25-10-12-26(13-11-25)22(28)18-7-5-17(6-8-18)16(2)3/h5-9,14,16H,4,10-13,15H2,1-3H3,(H,24,27). The minimum absolute atomic E-state index is 0.0251. The number of nitrogens with one attached hydrogen (secondary N) is 1. The Balaban J connectivity index is 1.49. The number of piperazine rings is 1. The Morgan fingerprint density at radius 2 is 1.74 bits per heavy atom. The van der Waals surface area contributed by atoms with Gasteiger partial charge >= 0.3 is 5.97 Å². The molecule has 7 nitrogen and oxygen atoms in total. The lowest BCUT2D eigenvalue weighted by molar-refractivity contribution is -0.117. The van der Waals surface area contributed by atoms with Gasteiger partial charge in [0.1, 0.15) is 5.00 Å². The average Bonchev–Trinajstić information content (AvgIpc) is 3.22. The fourth-order valence-electron chi connectivity index (χ4n) is 3.45. The van der Waals surface area contributed by atoms with E-state index in [1.165, 1.54) is 16.9 Å². The lowest BCUT2D eigenvalue weighted by Gasteiger charge is -2.34. The van der Waals surface area contributed by atoms with Crippen molar-refractivity contribution in [2.45, 2.75) is 26.7 Å². The van der Waals surface area contributed by atoms with Gasteiger partial charge in [-0.3, -0.25) is 14.5 Å². The van der Waals surface area contributed by atoms with Crippen LogP contribution in [-0.2, 0) is 9.53 Å². The van der Waals surface area contributed by atoms with E-state index in [9.17, 15) is 14.4 Å². The Kier molecular flexibility index (Phi) is 7.81. The number of carbonyl (C=O) groups is 3. The molecule has 0 atom stereocenters. The summed E-state index contributed by atoms with van der Waals surface area (Å²) >= 11 is 1.29. The second-order valence-electron chi connectivity index (χ2n) is 7.78. The van der Waals surface area contributed by atoms with Crippen molar-refractivity contribution in [2.24, 2.45) is 0 Å². The molecule has 1 N–H and O–H groups in total. The largest absolute Gasteiger partial charge is 0.462 e. The molecule has 1 aliphatic rings. The van der Waals surface area contributed by atoms with Crippen LogP contribution in [0.4, 0.5) is 5.00 Å². The van der Waals surface area contributed by atoms with Crippen molar-refractivity contribution in [3.8, 4) is 0 Å². The monoisotopic (exact) mass is 443 g/mol. The molecule has 2 heterocycles. The number of carbonyl (C=O) groups excluding carboxylic acids is 3. The van der Waals surface area contributed by atoms with Gasteiger partial charge in [0.05, 0.1) is 18.7 Å². The summed E-state index contributed by atoms with van der Waals surface area (Å²) in [4.78, 5) is 41.0. The number of esters is 1. The molecule has 0 spiro atoms. The highest BCUT2D eigenvalue weighted by Crippen LogP contribution is 2.24. The maximum absolute atomic E-state index is 12.8. The first-order valence-electron chi connectivity index (χ1n) is 10.5. The van der Waals surface area contributed by atoms with Crippen LogP contribution in [0, 0.1) is 0 Å². The van der Waals surface area contributed by atoms with Crippen molar-refractivity contribution in [3.05, 3.63) is 52.4 Å². The fraction of sp³-hybridized carbons (Fsp3) is 0.435. The van der Waals surface area contributed by atoms with Crippen LogP contribution in [0.1, 0.15) is 53.0 Å². The summed E-state index contributed by atoms with van der Waals surface area (Å²) in [5, 5.41) is 5.06. The third-order valence-corrected chi connectivity index (χ3v) is 6.09. The molecular weight excluding hydrogens is 414 g/mol. The van der Waals surface area contributed by atoms with E-state index in [0.29, 0.717) is 48.2 Å². The minimum Gasteiger partial charge on any atom is -0.462 e. The first-order valence-corrected chi connectivity index (χ1v) is 11.4. The molecule has 0 radical (unpaired) electrons. The smallest absolute Gasteiger partial charge is 0.341 e. The second kappa shape index (κ2) is 10.5. The first kappa shape index (κ1) is 23.0. The van der Waals surface area contributed by atoms with Gasteiger partial charge in [0.15, 0.2) is 0 Å². The van der Waals surface area contributed by atoms with Gasteiger partial charge in [-0.25, -0.2) is 4.79 Å². The van der Waals surface area contributed by atoms with Gasteiger partial charge in [-0.15, -0.1) is 11.3 Å². The normalized spacial score (nSPS) is 14.5. The number of hydrogen-bond donors (Lipinski definition) is 1. The Morgan fingerprint density at radius 3 is 2.35 bits per heavy atom. The Bertz CT molecular complexity index is 915. The van der Waals surface area contributed by atoms with Gasteiger partial charge in [-0.2, -0.15) is 0 Å². The van der Waals surface area contributed by atoms with Crippen molar-refractivity contribution in [1.82, 2.24) is 9.80 Å². The summed E-state index contributed by atoms with van der Waals surface area (Å²) in [6.45, 7) is 8.89. The van der Waals surface area contributed by atoms with E-state index < -0.39 is 5.97 Å². The summed E-state index contributed by atoms with van der Waals surface area (Å²) in [7, 11) is 0. The second-order valence-corrected chi connectivity index (χ2v) is 8.69. The van der Waals surface area contributed by atoms with Crippen LogP contribution in [0.25, 0.3) is 0 Å². The van der Waals surface area contributed by atoms with E-state index in [-0.39, 0.29) is 25.0 Å². The molecule has 2 amide bonds. The maximum Gasteiger partial charge on any atom is 0.341 e. The molecule has 1 aromatic carbocycles. The summed E-state index contributed by atoms with van der Waals surface area (Å²) in [5.41, 5.74) is 2.28. The van der Waals surface area contributed by atoms with E-state index in [4.69, 9.17) is 4.74 Å². The molecule has 0 saturated carbocycles. The predicted molar refractivity (Wildman–Crippen MR) is 122 cm³/mol. The Hall–Kier alpha value is -2.71. The average molecular weight is 444 g/mol. The number of anilines is 1. The Morgan fingerprint density at radius 1 is 1.06 bits per heavy atom. The predicted octanol–water partition coefficient (Wildman–Crippen LogP) is 3.44. The molecule has 8 heteroatoms. The van der Waals surface area contributed by atoms with Crippen LogP contribution in [0.2, 0.25) is 0 Å². The number of hydrogen-bond acceptors (Lipinski definition) is 6. The molecule has 0 aliphatic carbocycles. The van der Waals surface area contributed by atoms with Crippen molar-refractivity contribution in [2.75, 3.05) is 44.6 Å². The van der Waals surface area contributed by atoms with Crippen molar-refractivity contribution >= 4 is 34.1 Å². The zero-order valence-corrected chi connectivity index (χ0v) is 19.0. The lowest BCUT2D eigenvalue weighted by Crippen LogP contribution is -2.50. The summed E-state index contributed by atoms with van der Waals surface area (Å²) in [5.74, 6) is -0.164. The Labute approximate surface area is 187 Å². The highest BCUT2D eigenvalue weighted by atomic mass is 32.1. The van der Waals surface area contributed by atoms with Gasteiger partial charge in [-0.05, 0) is 42.0 Å². The van der Waals surface area contributed by atoms with Gasteiger partial charge in [-0.1, -0.05) is 26.0 Å². The number of benzene rings is 1. The molecule has 31 heavy (non-hydrogen) atoms. The van der Waals surface area contributed by atoms with Gasteiger partial charge in [0.2, 0.25) is 5.91 Å². The van der Waals surface area contributed by atoms with Crippen LogP contribution in [0.5, 0.6) is 0 Å². The van der Waals surface area contributed by atoms with Crippen molar-refractivity contribution < 1.29 is 19.1 Å². The van der Waals surface area contributed by atoms with E-state index >= 15 is 0 Å². The van der Waals surface area contributed by atoms with Crippen LogP contribution in [0.3, 0.4) is 0 Å². The topological polar surface area (TPSA) is 79.0 Å². The number of ether oxygens (including phenoxy) is 1. The van der Waals surface area contributed by atoms with Crippen LogP contribution in [-0.4, -0.2) is 66.9 Å².